The summed E-state index contributed by atoms with van der Waals surface area (Å²) in [7, 11) is 1.54. The number of carbonyl (C=O) groups is 3. The van der Waals surface area contributed by atoms with Gasteiger partial charge in [0.15, 0.2) is 6.61 Å². The number of aryl methyl sites for hydroxylation is 2. The maximum Gasteiger partial charge on any atom is 0.311 e. The van der Waals surface area contributed by atoms with Crippen molar-refractivity contribution in [2.75, 3.05) is 30.5 Å². The largest absolute Gasteiger partial charge is 0.497 e. The molecule has 0 aliphatic carbocycles. The third kappa shape index (κ3) is 4.74. The Labute approximate surface area is 169 Å². The molecule has 2 aromatic rings. The average molecular weight is 396 g/mol. The molecule has 2 amide bonds. The third-order valence-electron chi connectivity index (χ3n) is 4.87. The molecule has 3 rings (SSSR count). The first kappa shape index (κ1) is 20.4. The average Bonchev–Trinajstić information content (AvgIpc) is 3.07. The van der Waals surface area contributed by atoms with Gasteiger partial charge in [0.1, 0.15) is 5.75 Å². The van der Waals surface area contributed by atoms with Gasteiger partial charge >= 0.3 is 5.97 Å². The highest BCUT2D eigenvalue weighted by Gasteiger charge is 2.37. The minimum absolute atomic E-state index is 0.0735. The van der Waals surface area contributed by atoms with E-state index in [1.165, 1.54) is 7.11 Å². The van der Waals surface area contributed by atoms with E-state index in [4.69, 9.17) is 9.47 Å². The second-order valence-corrected chi connectivity index (χ2v) is 7.03. The van der Waals surface area contributed by atoms with E-state index in [-0.39, 0.29) is 18.9 Å². The van der Waals surface area contributed by atoms with Crippen LogP contribution >= 0.6 is 0 Å². The first-order chi connectivity index (χ1) is 13.9. The van der Waals surface area contributed by atoms with Crippen molar-refractivity contribution < 1.29 is 23.9 Å². The van der Waals surface area contributed by atoms with E-state index >= 15 is 0 Å². The number of carbonyl (C=O) groups excluding carboxylic acids is 3. The Balaban J connectivity index is 1.56. The van der Waals surface area contributed by atoms with E-state index in [0.717, 1.165) is 16.8 Å². The Hall–Kier alpha value is -3.35. The van der Waals surface area contributed by atoms with Crippen LogP contribution in [-0.2, 0) is 19.1 Å². The van der Waals surface area contributed by atoms with Gasteiger partial charge in [-0.25, -0.2) is 0 Å². The van der Waals surface area contributed by atoms with Gasteiger partial charge in [-0.3, -0.25) is 14.4 Å². The molecule has 0 radical (unpaired) electrons. The van der Waals surface area contributed by atoms with Crippen LogP contribution in [0, 0.1) is 19.8 Å². The van der Waals surface area contributed by atoms with Crippen LogP contribution in [0.1, 0.15) is 17.5 Å². The number of para-hydroxylation sites is 1. The molecule has 1 N–H and O–H groups in total. The fraction of sp³-hybridized carbons (Fsp3) is 0.318. The predicted octanol–water partition coefficient (Wildman–Crippen LogP) is 2.85. The second-order valence-electron chi connectivity index (χ2n) is 7.03. The van der Waals surface area contributed by atoms with Crippen LogP contribution in [0.2, 0.25) is 0 Å². The Morgan fingerprint density at radius 2 is 1.83 bits per heavy atom. The lowest BCUT2D eigenvalue weighted by molar-refractivity contribution is -0.151. The molecule has 0 unspecified atom stereocenters. The van der Waals surface area contributed by atoms with Gasteiger partial charge in [-0.15, -0.1) is 0 Å². The molecule has 1 heterocycles. The van der Waals surface area contributed by atoms with Gasteiger partial charge in [-0.2, -0.15) is 0 Å². The lowest BCUT2D eigenvalue weighted by atomic mass is 10.1. The van der Waals surface area contributed by atoms with Crippen molar-refractivity contribution in [2.45, 2.75) is 20.3 Å². The minimum Gasteiger partial charge on any atom is -0.497 e. The summed E-state index contributed by atoms with van der Waals surface area (Å²) in [5.74, 6) is -1.11. The molecule has 7 nitrogen and oxygen atoms in total. The Morgan fingerprint density at radius 3 is 2.52 bits per heavy atom. The molecule has 0 spiro atoms. The first-order valence-corrected chi connectivity index (χ1v) is 9.36. The second kappa shape index (κ2) is 8.77. The highest BCUT2D eigenvalue weighted by Crippen LogP contribution is 2.31. The molecule has 1 saturated heterocycles. The maximum absolute atomic E-state index is 12.5. The van der Waals surface area contributed by atoms with Crippen LogP contribution in [-0.4, -0.2) is 38.0 Å². The quantitative estimate of drug-likeness (QED) is 0.759. The molecule has 0 aromatic heterocycles. The van der Waals surface area contributed by atoms with Gasteiger partial charge in [-0.1, -0.05) is 24.3 Å². The van der Waals surface area contributed by atoms with Crippen LogP contribution in [0.25, 0.3) is 0 Å². The lowest BCUT2D eigenvalue weighted by Gasteiger charge is -2.21. The fourth-order valence-corrected chi connectivity index (χ4v) is 3.47. The van der Waals surface area contributed by atoms with E-state index in [9.17, 15) is 14.4 Å². The number of amides is 2. The summed E-state index contributed by atoms with van der Waals surface area (Å²) in [5.41, 5.74) is 3.33. The number of rotatable bonds is 6. The zero-order chi connectivity index (χ0) is 21.0. The van der Waals surface area contributed by atoms with E-state index in [0.29, 0.717) is 11.4 Å². The molecule has 1 aliphatic rings. The summed E-state index contributed by atoms with van der Waals surface area (Å²) in [4.78, 5) is 38.6. The minimum atomic E-state index is -0.592. The van der Waals surface area contributed by atoms with E-state index in [2.05, 4.69) is 5.32 Å². The molecule has 0 bridgehead atoms. The predicted molar refractivity (Wildman–Crippen MR) is 109 cm³/mol. The molecule has 0 saturated carbocycles. The molecule has 2 aromatic carbocycles. The zero-order valence-corrected chi connectivity index (χ0v) is 16.7. The number of methoxy groups -OCH3 is 1. The number of ether oxygens (including phenoxy) is 2. The van der Waals surface area contributed by atoms with Crippen molar-refractivity contribution >= 4 is 29.2 Å². The van der Waals surface area contributed by atoms with E-state index in [1.54, 1.807) is 29.2 Å². The summed E-state index contributed by atoms with van der Waals surface area (Å²) in [6.45, 7) is 3.71. The molecule has 1 fully saturated rings. The topological polar surface area (TPSA) is 84.9 Å². The standard InChI is InChI=1S/C22H24N2O5/c1-14-6-4-7-15(2)21(14)24-12-16(10-20(24)26)22(27)29-13-19(25)23-17-8-5-9-18(11-17)28-3/h4-9,11,16H,10,12-13H2,1-3H3,(H,23,25)/t16-/m1/s1. The number of esters is 1. The number of nitrogens with zero attached hydrogens (tertiary/aromatic N) is 1. The van der Waals surface area contributed by atoms with Crippen molar-refractivity contribution in [3.05, 3.63) is 53.6 Å². The highest BCUT2D eigenvalue weighted by atomic mass is 16.5. The van der Waals surface area contributed by atoms with Crippen molar-refractivity contribution in [1.29, 1.82) is 0 Å². The van der Waals surface area contributed by atoms with E-state index < -0.39 is 24.4 Å². The normalized spacial score (nSPS) is 15.9. The summed E-state index contributed by atoms with van der Waals surface area (Å²) < 4.78 is 10.3. The van der Waals surface area contributed by atoms with Crippen molar-refractivity contribution in [2.24, 2.45) is 5.92 Å². The molecular formula is C22H24N2O5. The summed E-state index contributed by atoms with van der Waals surface area (Å²) >= 11 is 0. The van der Waals surface area contributed by atoms with Gasteiger partial charge in [0.2, 0.25) is 5.91 Å². The first-order valence-electron chi connectivity index (χ1n) is 9.36. The van der Waals surface area contributed by atoms with Gasteiger partial charge in [0.25, 0.3) is 5.91 Å². The van der Waals surface area contributed by atoms with Crippen LogP contribution in [0.4, 0.5) is 11.4 Å². The number of benzene rings is 2. The van der Waals surface area contributed by atoms with Gasteiger partial charge in [-0.05, 0) is 37.1 Å². The SMILES string of the molecule is COc1cccc(NC(=O)COC(=O)[C@@H]2CC(=O)N(c3c(C)cccc3C)C2)c1. The van der Waals surface area contributed by atoms with Gasteiger partial charge in [0.05, 0.1) is 13.0 Å². The van der Waals surface area contributed by atoms with Crippen LogP contribution in [0.3, 0.4) is 0 Å². The fourth-order valence-electron chi connectivity index (χ4n) is 3.47. The maximum atomic E-state index is 12.5. The lowest BCUT2D eigenvalue weighted by Crippen LogP contribution is -2.29. The highest BCUT2D eigenvalue weighted by molar-refractivity contribution is 6.01. The number of nitrogens with one attached hydrogen (secondary N) is 1. The monoisotopic (exact) mass is 396 g/mol. The number of hydrogen-bond donors (Lipinski definition) is 1. The van der Waals surface area contributed by atoms with Crippen LogP contribution in [0.5, 0.6) is 5.75 Å². The summed E-state index contributed by atoms with van der Waals surface area (Å²) in [6, 6.07) is 12.7. The smallest absolute Gasteiger partial charge is 0.311 e. The molecular weight excluding hydrogens is 372 g/mol. The van der Waals surface area contributed by atoms with Gasteiger partial charge < -0.3 is 19.7 Å². The molecule has 7 heteroatoms. The van der Waals surface area contributed by atoms with Gasteiger partial charge in [0, 0.05) is 30.4 Å². The molecule has 152 valence electrons. The summed E-state index contributed by atoms with van der Waals surface area (Å²) in [5, 5.41) is 2.65. The van der Waals surface area contributed by atoms with Crippen molar-refractivity contribution in [1.82, 2.24) is 0 Å². The number of anilines is 2. The molecule has 1 atom stereocenters. The summed E-state index contributed by atoms with van der Waals surface area (Å²) in [6.07, 6.45) is 0.0735. The zero-order valence-electron chi connectivity index (χ0n) is 16.7. The molecule has 29 heavy (non-hydrogen) atoms. The third-order valence-corrected chi connectivity index (χ3v) is 4.87. The Morgan fingerprint density at radius 1 is 1.14 bits per heavy atom. The number of hydrogen-bond acceptors (Lipinski definition) is 5. The Bertz CT molecular complexity index is 920. The Kier molecular flexibility index (Phi) is 6.16. The molecule has 1 aliphatic heterocycles. The van der Waals surface area contributed by atoms with Crippen molar-refractivity contribution in [3.63, 3.8) is 0 Å². The van der Waals surface area contributed by atoms with Crippen LogP contribution < -0.4 is 15.0 Å². The van der Waals surface area contributed by atoms with Crippen LogP contribution in [0.15, 0.2) is 42.5 Å². The van der Waals surface area contributed by atoms with Crippen molar-refractivity contribution in [3.8, 4) is 5.75 Å². The van der Waals surface area contributed by atoms with E-state index in [1.807, 2.05) is 32.0 Å².